The molecule has 2 aromatic carbocycles. The number of carbonyl (C=O) groups excluding carboxylic acids is 2. The molecule has 1 aromatic heterocycles. The molecule has 1 heterocycles. The Hall–Kier alpha value is -4.55. The molecule has 0 spiro atoms. The average molecular weight is 864 g/mol. The Bertz CT molecular complexity index is 1880. The number of nitrogens with one attached hydrogen (secondary N) is 1. The summed E-state index contributed by atoms with van der Waals surface area (Å²) < 4.78 is 60.2. The van der Waals surface area contributed by atoms with Crippen molar-refractivity contribution in [2.24, 2.45) is 4.99 Å². The molecule has 2 unspecified atom stereocenters. The first-order chi connectivity index (χ1) is 28.3. The maximum atomic E-state index is 14.4. The molecule has 0 aliphatic heterocycles. The number of aliphatic imine (C=N–C) groups is 1. The predicted octanol–water partition coefficient (Wildman–Crippen LogP) is 11.7. The monoisotopic (exact) mass is 863 g/mol. The number of ether oxygens (including phenoxy) is 3. The standard InChI is InChI=1S/C40H50F3N5O5.C2H6O.C2H6.CH5P.H2/c1-10-31(45-37(50)53-38(6,7)8)34(49)48(24-28-15-18-29(19-16-28)27(5)44-36(51-9)40(41,42)43)32-23-30(17-14-26(32)4)33-46-47-35(52-33)39(11-2)21-12-13-25(3)20-22-39;1-3-2;2*1-2;/h14-20,23,31H,5,10-13,21-22,24H2,1-4,6-9H3,(H,45,50);1-2H3;1-2H3;2H2,1H3;1H/t31-,39?;;;;/m0..../s1. The van der Waals surface area contributed by atoms with Crippen molar-refractivity contribution in [3.8, 4) is 11.5 Å². The number of hydrogen-bond acceptors (Lipinski definition) is 9. The van der Waals surface area contributed by atoms with Crippen molar-refractivity contribution in [2.45, 2.75) is 131 Å². The molecule has 0 radical (unpaired) electrons. The van der Waals surface area contributed by atoms with Gasteiger partial charge in [0.25, 0.3) is 5.90 Å². The molecule has 0 fully saturated rings. The fraction of sp³-hybridized carbons (Fsp3) is 0.533. The Kier molecular flexibility index (Phi) is 22.5. The Balaban J connectivity index is 0.00000424. The first kappa shape index (κ1) is 53.5. The van der Waals surface area contributed by atoms with Crippen LogP contribution in [-0.2, 0) is 31.0 Å². The molecular weight excluding hydrogens is 794 g/mol. The van der Waals surface area contributed by atoms with Crippen LogP contribution in [0.3, 0.4) is 0 Å². The summed E-state index contributed by atoms with van der Waals surface area (Å²) >= 11 is 0. The van der Waals surface area contributed by atoms with E-state index in [2.05, 4.69) is 65.7 Å². The molecule has 4 rings (SSSR count). The van der Waals surface area contributed by atoms with E-state index in [-0.39, 0.29) is 25.5 Å². The van der Waals surface area contributed by atoms with Gasteiger partial charge >= 0.3 is 12.3 Å². The van der Waals surface area contributed by atoms with E-state index in [4.69, 9.17) is 9.15 Å². The topological polar surface area (TPSA) is 128 Å². The van der Waals surface area contributed by atoms with Crippen molar-refractivity contribution in [1.82, 2.24) is 15.5 Å². The number of aromatic nitrogens is 2. The van der Waals surface area contributed by atoms with E-state index in [0.717, 1.165) is 44.8 Å². The molecule has 1 aliphatic carbocycles. The summed E-state index contributed by atoms with van der Waals surface area (Å²) in [6.45, 7) is 22.8. The van der Waals surface area contributed by atoms with Crippen LogP contribution in [0.15, 0.2) is 70.1 Å². The molecule has 0 saturated carbocycles. The number of benzene rings is 2. The quantitative estimate of drug-likeness (QED) is 0.0873. The zero-order chi connectivity index (χ0) is 45.8. The second kappa shape index (κ2) is 25.3. The molecule has 11 nitrogen and oxygen atoms in total. The van der Waals surface area contributed by atoms with Gasteiger partial charge in [-0.15, -0.1) is 19.4 Å². The number of aryl methyl sites for hydroxylation is 1. The van der Waals surface area contributed by atoms with Crippen LogP contribution < -0.4 is 10.2 Å². The van der Waals surface area contributed by atoms with Crippen LogP contribution in [0.25, 0.3) is 17.2 Å². The molecule has 1 aliphatic rings. The van der Waals surface area contributed by atoms with E-state index in [1.807, 2.05) is 45.6 Å². The normalized spacial score (nSPS) is 15.8. The molecule has 1 N–H and O–H groups in total. The van der Waals surface area contributed by atoms with Crippen molar-refractivity contribution in [3.05, 3.63) is 83.3 Å². The van der Waals surface area contributed by atoms with Crippen molar-refractivity contribution in [1.29, 1.82) is 0 Å². The lowest BCUT2D eigenvalue weighted by Crippen LogP contribution is -2.49. The molecule has 3 aromatic rings. The number of carbonyl (C=O) groups is 2. The smallest absolute Gasteiger partial charge is 0.468 e. The van der Waals surface area contributed by atoms with E-state index < -0.39 is 35.7 Å². The van der Waals surface area contributed by atoms with Crippen molar-refractivity contribution < 1.29 is 42.8 Å². The van der Waals surface area contributed by atoms with Crippen LogP contribution >= 0.6 is 9.24 Å². The molecular formula is C45H69F3N5O6P. The Labute approximate surface area is 359 Å². The molecule has 2 amide bonds. The number of nitrogens with zero attached hydrogens (tertiary/aromatic N) is 4. The van der Waals surface area contributed by atoms with Gasteiger partial charge in [0.1, 0.15) is 11.6 Å². The van der Waals surface area contributed by atoms with Gasteiger partial charge in [-0.2, -0.15) is 13.2 Å². The van der Waals surface area contributed by atoms with Gasteiger partial charge < -0.3 is 28.8 Å². The molecule has 15 heteroatoms. The maximum Gasteiger partial charge on any atom is 0.468 e. The minimum Gasteiger partial charge on any atom is -0.478 e. The summed E-state index contributed by atoms with van der Waals surface area (Å²) in [4.78, 5) is 32.3. The first-order valence-corrected chi connectivity index (χ1v) is 21.3. The van der Waals surface area contributed by atoms with Gasteiger partial charge in [0.2, 0.25) is 17.7 Å². The number of rotatable bonds is 11. The van der Waals surface area contributed by atoms with Gasteiger partial charge in [-0.3, -0.25) is 4.79 Å². The molecule has 60 heavy (non-hydrogen) atoms. The van der Waals surface area contributed by atoms with Gasteiger partial charge in [0, 0.05) is 26.9 Å². The summed E-state index contributed by atoms with van der Waals surface area (Å²) in [5, 5.41) is 11.7. The highest BCUT2D eigenvalue weighted by molar-refractivity contribution is 7.15. The average Bonchev–Trinajstić information content (AvgIpc) is 3.63. The minimum atomic E-state index is -4.78. The van der Waals surface area contributed by atoms with Crippen molar-refractivity contribution >= 4 is 38.5 Å². The zero-order valence-electron chi connectivity index (χ0n) is 37.8. The highest BCUT2D eigenvalue weighted by Gasteiger charge is 2.38. The number of amides is 2. The van der Waals surface area contributed by atoms with Gasteiger partial charge in [-0.1, -0.05) is 82.9 Å². The van der Waals surface area contributed by atoms with Crippen molar-refractivity contribution in [2.75, 3.05) is 32.9 Å². The first-order valence-electron chi connectivity index (χ1n) is 20.2. The Morgan fingerprint density at radius 1 is 1.05 bits per heavy atom. The summed E-state index contributed by atoms with van der Waals surface area (Å²) in [6, 6.07) is 11.1. The lowest BCUT2D eigenvalue weighted by atomic mass is 9.78. The number of alkyl halides is 3. The van der Waals surface area contributed by atoms with Gasteiger partial charge in [-0.25, -0.2) is 9.79 Å². The SMILES string of the molecule is C=C(N=C(OC)C(F)(F)F)c1ccc(CN(C(=O)[C@H](CC)NC(=O)OC(C)(C)C)c2cc(-c3nnc(C4(CC)CC=C(C)CCC4)o3)ccc2C)cc1.CC.COC.CP.[HH]. The second-order valence-corrected chi connectivity index (χ2v) is 14.9. The lowest BCUT2D eigenvalue weighted by Gasteiger charge is -2.30. The molecule has 3 atom stereocenters. The Morgan fingerprint density at radius 2 is 1.67 bits per heavy atom. The number of hydrogen-bond donors (Lipinski definition) is 1. The lowest BCUT2D eigenvalue weighted by molar-refractivity contribution is -0.120. The molecule has 0 bridgehead atoms. The van der Waals surface area contributed by atoms with E-state index in [1.54, 1.807) is 71.1 Å². The maximum absolute atomic E-state index is 14.4. The predicted molar refractivity (Wildman–Crippen MR) is 241 cm³/mol. The van der Waals surface area contributed by atoms with E-state index in [1.165, 1.54) is 5.57 Å². The second-order valence-electron chi connectivity index (χ2n) is 14.9. The summed E-state index contributed by atoms with van der Waals surface area (Å²) in [5.74, 6) is -0.907. The van der Waals surface area contributed by atoms with Crippen LogP contribution in [0.4, 0.5) is 23.7 Å². The number of halogens is 3. The summed E-state index contributed by atoms with van der Waals surface area (Å²) in [6.07, 6.45) is 1.68. The van der Waals surface area contributed by atoms with Crippen LogP contribution in [-0.4, -0.2) is 73.9 Å². The number of anilines is 1. The summed E-state index contributed by atoms with van der Waals surface area (Å²) in [7, 11) is 6.56. The third-order valence-corrected chi connectivity index (χ3v) is 9.33. The van der Waals surface area contributed by atoms with Gasteiger partial charge in [0.05, 0.1) is 24.8 Å². The van der Waals surface area contributed by atoms with Crippen LogP contribution in [0.5, 0.6) is 0 Å². The summed E-state index contributed by atoms with van der Waals surface area (Å²) in [5.41, 5.74) is 3.08. The zero-order valence-corrected chi connectivity index (χ0v) is 39.0. The fourth-order valence-corrected chi connectivity index (χ4v) is 6.19. The number of methoxy groups -OCH3 is 2. The highest BCUT2D eigenvalue weighted by Crippen LogP contribution is 2.41. The van der Waals surface area contributed by atoms with E-state index in [0.29, 0.717) is 34.2 Å². The highest BCUT2D eigenvalue weighted by atomic mass is 31.0. The van der Waals surface area contributed by atoms with Crippen molar-refractivity contribution in [3.63, 3.8) is 0 Å². The Morgan fingerprint density at radius 3 is 2.20 bits per heavy atom. The van der Waals surface area contributed by atoms with E-state index >= 15 is 0 Å². The van der Waals surface area contributed by atoms with E-state index in [9.17, 15) is 22.8 Å². The van der Waals surface area contributed by atoms with Crippen LogP contribution in [0.2, 0.25) is 0 Å². The third kappa shape index (κ3) is 15.8. The molecule has 0 saturated heterocycles. The number of allylic oxidation sites excluding steroid dienone is 2. The third-order valence-electron chi connectivity index (χ3n) is 9.33. The molecule has 336 valence electrons. The van der Waals surface area contributed by atoms with Crippen LogP contribution in [0, 0.1) is 6.92 Å². The fourth-order valence-electron chi connectivity index (χ4n) is 6.19. The number of alkyl carbamates (subject to hydrolysis) is 1. The largest absolute Gasteiger partial charge is 0.478 e. The van der Waals surface area contributed by atoms with Gasteiger partial charge in [-0.05, 0) is 102 Å². The van der Waals surface area contributed by atoms with Gasteiger partial charge in [0.15, 0.2) is 0 Å². The minimum absolute atomic E-state index is 0. The van der Waals surface area contributed by atoms with Crippen LogP contribution in [0.1, 0.15) is 118 Å².